The highest BCUT2D eigenvalue weighted by Crippen LogP contribution is 2.29. The van der Waals surface area contributed by atoms with Gasteiger partial charge in [-0.3, -0.25) is 28.8 Å². The van der Waals surface area contributed by atoms with Gasteiger partial charge in [0.2, 0.25) is 29.5 Å². The number of amides is 8. The Balaban J connectivity index is 2.40. The van der Waals surface area contributed by atoms with Gasteiger partial charge in [0.05, 0.1) is 17.8 Å². The average molecular weight is 954 g/mol. The van der Waals surface area contributed by atoms with Crippen molar-refractivity contribution in [2.45, 2.75) is 142 Å². The number of nitrogens with one attached hydrogen (secondary N) is 7. The SMILES string of the molecule is CCCC(=O)NC(C(=O)N[C@@H](CCCNC(N)=O)C(=O)Nc1ccccc1S(=O)(=O)NC(=O)/C(C)=C/[C@H](C(C)C)N(C)C(=O)C(NC(=O)[C@@H](NC)C(C)(C)c1ccccc1)C(C)(C)C)C(C)C. The Bertz CT molecular complexity index is 2190. The average Bonchev–Trinajstić information content (AvgIpc) is 3.24. The van der Waals surface area contributed by atoms with Crippen LogP contribution in [0.3, 0.4) is 0 Å². The summed E-state index contributed by atoms with van der Waals surface area (Å²) in [7, 11) is -1.42. The minimum absolute atomic E-state index is 0.0129. The molecule has 0 aliphatic carbocycles. The molecule has 0 fully saturated rings. The van der Waals surface area contributed by atoms with Gasteiger partial charge in [0.1, 0.15) is 23.0 Å². The second kappa shape index (κ2) is 25.4. The molecule has 2 aromatic carbocycles. The fraction of sp³-hybridized carbons (Fsp3) is 0.562. The quantitative estimate of drug-likeness (QED) is 0.0557. The van der Waals surface area contributed by atoms with E-state index in [1.807, 2.05) is 85.7 Å². The van der Waals surface area contributed by atoms with Gasteiger partial charge < -0.3 is 42.5 Å². The molecule has 2 rings (SSSR count). The molecule has 0 radical (unpaired) electrons. The lowest BCUT2D eigenvalue weighted by molar-refractivity contribution is -0.141. The van der Waals surface area contributed by atoms with Crippen LogP contribution in [0.4, 0.5) is 10.5 Å². The van der Waals surface area contributed by atoms with Crippen molar-refractivity contribution in [3.63, 3.8) is 0 Å². The number of likely N-dealkylation sites (N-methyl/N-ethyl adjacent to an activating group) is 2. The third-order valence-electron chi connectivity index (χ3n) is 11.5. The van der Waals surface area contributed by atoms with Crippen molar-refractivity contribution in [1.82, 2.24) is 36.2 Å². The van der Waals surface area contributed by atoms with Crippen LogP contribution in [0.1, 0.15) is 107 Å². The summed E-state index contributed by atoms with van der Waals surface area (Å²) in [5.74, 6) is -4.21. The van der Waals surface area contributed by atoms with E-state index in [0.717, 1.165) is 5.56 Å². The van der Waals surface area contributed by atoms with Crippen molar-refractivity contribution in [1.29, 1.82) is 0 Å². The number of nitrogens with two attached hydrogens (primary N) is 1. The molecule has 2 aromatic rings. The number of para-hydroxylation sites is 1. The minimum Gasteiger partial charge on any atom is -0.352 e. The molecule has 0 aliphatic heterocycles. The van der Waals surface area contributed by atoms with Crippen LogP contribution in [0.5, 0.6) is 0 Å². The summed E-state index contributed by atoms with van der Waals surface area (Å²) in [5.41, 5.74) is 4.48. The number of carbonyl (C=O) groups excluding carboxylic acids is 7. The summed E-state index contributed by atoms with van der Waals surface area (Å²) in [6.45, 7) is 19.8. The predicted octanol–water partition coefficient (Wildman–Crippen LogP) is 3.83. The number of hydrogen-bond donors (Lipinski definition) is 8. The number of rotatable bonds is 24. The third-order valence-corrected chi connectivity index (χ3v) is 12.8. The van der Waals surface area contributed by atoms with Crippen LogP contribution in [0.15, 0.2) is 71.1 Å². The number of sulfonamides is 1. The number of benzene rings is 2. The molecule has 0 heterocycles. The van der Waals surface area contributed by atoms with E-state index in [9.17, 15) is 42.0 Å². The maximum absolute atomic E-state index is 14.4. The number of primary amides is 1. The van der Waals surface area contributed by atoms with Crippen molar-refractivity contribution in [2.75, 3.05) is 26.0 Å². The lowest BCUT2D eigenvalue weighted by atomic mass is 9.76. The zero-order chi connectivity index (χ0) is 51.0. The zero-order valence-corrected chi connectivity index (χ0v) is 42.3. The van der Waals surface area contributed by atoms with Gasteiger partial charge in [0.15, 0.2) is 0 Å². The fourth-order valence-electron chi connectivity index (χ4n) is 7.50. The monoisotopic (exact) mass is 954 g/mol. The highest BCUT2D eigenvalue weighted by Gasteiger charge is 2.42. The Hall–Kier alpha value is -5.82. The van der Waals surface area contributed by atoms with E-state index in [-0.39, 0.29) is 60.7 Å². The highest BCUT2D eigenvalue weighted by atomic mass is 32.2. The molecular formula is C48H75N9O9S. The maximum atomic E-state index is 14.4. The first-order chi connectivity index (χ1) is 31.1. The number of urea groups is 1. The largest absolute Gasteiger partial charge is 0.352 e. The standard InChI is InChI=1S/C48H75N9O9S/c1-14-21-37(58)54-38(30(4)5)43(61)53-34(25-20-27-51-46(49)64)42(60)52-33-24-18-19-26-36(33)67(65,66)56-41(59)31(6)28-35(29(2)3)57(13)45(63)40(47(7,8)9)55-44(62)39(50-12)48(10,11)32-22-16-15-17-23-32/h15-19,22-24,26,28-30,34-35,38-40,50H,14,20-21,25,27H2,1-13H3,(H,52,60)(H,53,61)(H,54,58)(H,55,62)(H,56,59)(H3,49,51,64)/b31-28+/t34-,35+,38?,39+,40?/m0/s1. The van der Waals surface area contributed by atoms with Crippen molar-refractivity contribution in [3.8, 4) is 0 Å². The van der Waals surface area contributed by atoms with Crippen LogP contribution >= 0.6 is 0 Å². The Morgan fingerprint density at radius 3 is 1.93 bits per heavy atom. The zero-order valence-electron chi connectivity index (χ0n) is 41.5. The summed E-state index contributed by atoms with van der Waals surface area (Å²) in [6.07, 6.45) is 2.41. The molecule has 67 heavy (non-hydrogen) atoms. The smallest absolute Gasteiger partial charge is 0.312 e. The molecule has 9 N–H and O–H groups in total. The van der Waals surface area contributed by atoms with Crippen molar-refractivity contribution in [3.05, 3.63) is 71.8 Å². The van der Waals surface area contributed by atoms with Crippen molar-refractivity contribution >= 4 is 57.2 Å². The van der Waals surface area contributed by atoms with Gasteiger partial charge in [-0.25, -0.2) is 17.9 Å². The van der Waals surface area contributed by atoms with E-state index in [1.54, 1.807) is 27.9 Å². The van der Waals surface area contributed by atoms with E-state index in [0.29, 0.717) is 6.42 Å². The predicted molar refractivity (Wildman–Crippen MR) is 260 cm³/mol. The van der Waals surface area contributed by atoms with Gasteiger partial charge in [-0.15, -0.1) is 0 Å². The lowest BCUT2D eigenvalue weighted by Gasteiger charge is -2.40. The van der Waals surface area contributed by atoms with Crippen molar-refractivity contribution in [2.24, 2.45) is 23.0 Å². The summed E-state index contributed by atoms with van der Waals surface area (Å²) in [5, 5.41) is 16.5. The Morgan fingerprint density at radius 2 is 1.39 bits per heavy atom. The molecule has 0 bridgehead atoms. The Labute approximate surface area is 397 Å². The molecule has 372 valence electrons. The number of hydrogen-bond acceptors (Lipinski definition) is 10. The second-order valence-corrected chi connectivity index (χ2v) is 20.8. The molecule has 0 saturated heterocycles. The number of nitrogens with zero attached hydrogens (tertiary/aromatic N) is 1. The third kappa shape index (κ3) is 16.8. The molecule has 0 aliphatic rings. The molecule has 19 heteroatoms. The van der Waals surface area contributed by atoms with Crippen LogP contribution in [0.2, 0.25) is 0 Å². The molecule has 0 spiro atoms. The molecule has 0 aromatic heterocycles. The lowest BCUT2D eigenvalue weighted by Crippen LogP contribution is -2.61. The second-order valence-electron chi connectivity index (χ2n) is 19.1. The van der Waals surface area contributed by atoms with Crippen LogP contribution < -0.4 is 42.4 Å². The first kappa shape index (κ1) is 57.3. The topological polar surface area (TPSA) is 267 Å². The van der Waals surface area contributed by atoms with Gasteiger partial charge in [-0.1, -0.05) is 118 Å². The maximum Gasteiger partial charge on any atom is 0.312 e. The van der Waals surface area contributed by atoms with Crippen LogP contribution in [0.25, 0.3) is 0 Å². The van der Waals surface area contributed by atoms with E-state index < -0.39 is 85.6 Å². The minimum atomic E-state index is -4.67. The van der Waals surface area contributed by atoms with Gasteiger partial charge >= 0.3 is 6.03 Å². The molecule has 2 unspecified atom stereocenters. The Kier molecular flexibility index (Phi) is 21.7. The number of carbonyl (C=O) groups is 7. The van der Waals surface area contributed by atoms with Crippen LogP contribution in [-0.2, 0) is 44.2 Å². The van der Waals surface area contributed by atoms with E-state index in [1.165, 1.54) is 42.2 Å². The van der Waals surface area contributed by atoms with Gasteiger partial charge in [0.25, 0.3) is 15.9 Å². The first-order valence-electron chi connectivity index (χ1n) is 22.7. The van der Waals surface area contributed by atoms with Gasteiger partial charge in [-0.05, 0) is 68.2 Å². The highest BCUT2D eigenvalue weighted by molar-refractivity contribution is 7.90. The van der Waals surface area contributed by atoms with E-state index >= 15 is 0 Å². The first-order valence-corrected chi connectivity index (χ1v) is 24.2. The fourth-order valence-corrected chi connectivity index (χ4v) is 8.68. The van der Waals surface area contributed by atoms with E-state index in [4.69, 9.17) is 5.73 Å². The van der Waals surface area contributed by atoms with Crippen molar-refractivity contribution < 1.29 is 42.0 Å². The Morgan fingerprint density at radius 1 is 0.791 bits per heavy atom. The van der Waals surface area contributed by atoms with E-state index in [2.05, 4.69) is 36.6 Å². The van der Waals surface area contributed by atoms with Gasteiger partial charge in [-0.2, -0.15) is 0 Å². The summed E-state index contributed by atoms with van der Waals surface area (Å²) in [6, 6.07) is 9.50. The van der Waals surface area contributed by atoms with Gasteiger partial charge in [0, 0.05) is 31.0 Å². The molecule has 5 atom stereocenters. The number of anilines is 1. The van der Waals surface area contributed by atoms with Crippen LogP contribution in [0, 0.1) is 17.3 Å². The molecule has 18 nitrogen and oxygen atoms in total. The molecule has 8 amide bonds. The summed E-state index contributed by atoms with van der Waals surface area (Å²) < 4.78 is 29.9. The summed E-state index contributed by atoms with van der Waals surface area (Å²) in [4.78, 5) is 94.1. The van der Waals surface area contributed by atoms with Crippen LogP contribution in [-0.4, -0.2) is 106 Å². The molecule has 0 saturated carbocycles. The normalized spacial score (nSPS) is 14.5. The molecular weight excluding hydrogens is 879 g/mol. The summed E-state index contributed by atoms with van der Waals surface area (Å²) >= 11 is 0.